The third kappa shape index (κ3) is 4.98. The van der Waals surface area contributed by atoms with Gasteiger partial charge in [-0.2, -0.15) is 0 Å². The second kappa shape index (κ2) is 9.94. The van der Waals surface area contributed by atoms with Crippen LogP contribution in [0.15, 0.2) is 77.7 Å². The van der Waals surface area contributed by atoms with Gasteiger partial charge < -0.3 is 9.47 Å². The van der Waals surface area contributed by atoms with Crippen LogP contribution in [0.25, 0.3) is 6.08 Å². The second-order valence-electron chi connectivity index (χ2n) is 6.91. The number of nitrogens with zero attached hydrogens (tertiary/aromatic N) is 1. The standard InChI is InChI=1S/C25H20ClNO4S/c1-2-30-22-9-4-3-8-21(22)27-24(28)23(32-25(27)29)15-18-6-5-7-20(14-18)31-16-17-10-12-19(26)13-11-17/h3-15H,2,16H2,1H3/b23-15-. The molecule has 1 fully saturated rings. The maximum Gasteiger partial charge on any atom is 0.298 e. The lowest BCUT2D eigenvalue weighted by atomic mass is 10.2. The van der Waals surface area contributed by atoms with Crippen LogP contribution in [0.2, 0.25) is 5.02 Å². The molecule has 32 heavy (non-hydrogen) atoms. The van der Waals surface area contributed by atoms with Crippen molar-refractivity contribution in [2.75, 3.05) is 11.5 Å². The molecule has 2 amide bonds. The average molecular weight is 466 g/mol. The van der Waals surface area contributed by atoms with Gasteiger partial charge in [-0.05, 0) is 72.3 Å². The zero-order valence-electron chi connectivity index (χ0n) is 17.3. The molecule has 0 atom stereocenters. The van der Waals surface area contributed by atoms with Crippen LogP contribution in [0.1, 0.15) is 18.1 Å². The molecule has 0 saturated carbocycles. The highest BCUT2D eigenvalue weighted by Crippen LogP contribution is 2.39. The average Bonchev–Trinajstić information content (AvgIpc) is 3.07. The molecule has 0 N–H and O–H groups in total. The van der Waals surface area contributed by atoms with Crippen LogP contribution < -0.4 is 14.4 Å². The van der Waals surface area contributed by atoms with Crippen molar-refractivity contribution in [1.29, 1.82) is 0 Å². The molecule has 1 heterocycles. The third-order valence-electron chi connectivity index (χ3n) is 4.67. The smallest absolute Gasteiger partial charge is 0.298 e. The SMILES string of the molecule is CCOc1ccccc1N1C(=O)S/C(=C\c2cccc(OCc3ccc(Cl)cc3)c2)C1=O. The van der Waals surface area contributed by atoms with Crippen molar-refractivity contribution in [3.8, 4) is 11.5 Å². The zero-order chi connectivity index (χ0) is 22.5. The van der Waals surface area contributed by atoms with Crippen LogP contribution in [0.5, 0.6) is 11.5 Å². The van der Waals surface area contributed by atoms with Crippen molar-refractivity contribution in [2.45, 2.75) is 13.5 Å². The van der Waals surface area contributed by atoms with Crippen molar-refractivity contribution in [1.82, 2.24) is 0 Å². The number of ether oxygens (including phenoxy) is 2. The Kier molecular flexibility index (Phi) is 6.83. The number of hydrogen-bond donors (Lipinski definition) is 0. The molecule has 1 aliphatic heterocycles. The van der Waals surface area contributed by atoms with E-state index in [0.29, 0.717) is 40.3 Å². The number of hydrogen-bond acceptors (Lipinski definition) is 5. The molecule has 5 nitrogen and oxygen atoms in total. The van der Waals surface area contributed by atoms with E-state index in [1.807, 2.05) is 55.5 Å². The molecule has 0 radical (unpaired) electrons. The molecule has 1 saturated heterocycles. The van der Waals surface area contributed by atoms with Gasteiger partial charge in [-0.25, -0.2) is 4.90 Å². The summed E-state index contributed by atoms with van der Waals surface area (Å²) in [7, 11) is 0. The number of carbonyl (C=O) groups excluding carboxylic acids is 2. The molecule has 0 unspecified atom stereocenters. The van der Waals surface area contributed by atoms with Crippen LogP contribution in [-0.2, 0) is 11.4 Å². The fourth-order valence-corrected chi connectivity index (χ4v) is 4.15. The molecule has 0 spiro atoms. The van der Waals surface area contributed by atoms with Crippen molar-refractivity contribution >= 4 is 46.3 Å². The Balaban J connectivity index is 1.52. The summed E-state index contributed by atoms with van der Waals surface area (Å²) in [6.45, 7) is 2.68. The number of thioether (sulfide) groups is 1. The molecule has 3 aromatic carbocycles. The van der Waals surface area contributed by atoms with Gasteiger partial charge in [0.25, 0.3) is 11.1 Å². The predicted molar refractivity (Wildman–Crippen MR) is 128 cm³/mol. The molecule has 3 aromatic rings. The summed E-state index contributed by atoms with van der Waals surface area (Å²) in [5, 5.41) is 0.317. The van der Waals surface area contributed by atoms with Crippen LogP contribution >= 0.6 is 23.4 Å². The van der Waals surface area contributed by atoms with Gasteiger partial charge in [-0.3, -0.25) is 9.59 Å². The maximum absolute atomic E-state index is 13.0. The van der Waals surface area contributed by atoms with E-state index >= 15 is 0 Å². The second-order valence-corrected chi connectivity index (χ2v) is 8.34. The van der Waals surface area contributed by atoms with Gasteiger partial charge in [0.05, 0.1) is 17.2 Å². The summed E-state index contributed by atoms with van der Waals surface area (Å²) >= 11 is 6.82. The number of para-hydroxylation sites is 2. The first-order chi connectivity index (χ1) is 15.5. The number of amides is 2. The van der Waals surface area contributed by atoms with Crippen molar-refractivity contribution in [2.24, 2.45) is 0 Å². The number of imide groups is 1. The van der Waals surface area contributed by atoms with Crippen molar-refractivity contribution in [3.05, 3.63) is 93.9 Å². The lowest BCUT2D eigenvalue weighted by Gasteiger charge is -2.16. The minimum Gasteiger partial charge on any atom is -0.492 e. The number of anilines is 1. The molecule has 7 heteroatoms. The third-order valence-corrected chi connectivity index (χ3v) is 5.80. The predicted octanol–water partition coefficient (Wildman–Crippen LogP) is 6.56. The quantitative estimate of drug-likeness (QED) is 0.370. The Morgan fingerprint density at radius 1 is 0.969 bits per heavy atom. The molecule has 0 bridgehead atoms. The van der Waals surface area contributed by atoms with Crippen molar-refractivity contribution in [3.63, 3.8) is 0 Å². The first-order valence-corrected chi connectivity index (χ1v) is 11.2. The summed E-state index contributed by atoms with van der Waals surface area (Å²) in [6, 6.07) is 21.8. The number of halogens is 1. The minimum absolute atomic E-state index is 0.344. The summed E-state index contributed by atoms with van der Waals surface area (Å²) in [5.41, 5.74) is 2.20. The molecular formula is C25H20ClNO4S. The highest BCUT2D eigenvalue weighted by Gasteiger charge is 2.37. The Labute approximate surface area is 195 Å². The fourth-order valence-electron chi connectivity index (χ4n) is 3.19. The lowest BCUT2D eigenvalue weighted by Crippen LogP contribution is -2.28. The van der Waals surface area contributed by atoms with Crippen LogP contribution in [0.4, 0.5) is 10.5 Å². The van der Waals surface area contributed by atoms with Crippen LogP contribution in [0, 0.1) is 0 Å². The Hall–Kier alpha value is -3.22. The summed E-state index contributed by atoms with van der Waals surface area (Å²) in [6.07, 6.45) is 1.70. The van der Waals surface area contributed by atoms with Gasteiger partial charge in [-0.15, -0.1) is 0 Å². The Morgan fingerprint density at radius 2 is 1.75 bits per heavy atom. The molecule has 162 valence electrons. The lowest BCUT2D eigenvalue weighted by molar-refractivity contribution is -0.113. The largest absolute Gasteiger partial charge is 0.492 e. The molecule has 0 aromatic heterocycles. The van der Waals surface area contributed by atoms with Gasteiger partial charge in [0.1, 0.15) is 18.1 Å². The van der Waals surface area contributed by atoms with Gasteiger partial charge in [-0.1, -0.05) is 48.0 Å². The van der Waals surface area contributed by atoms with Gasteiger partial charge in [0.15, 0.2) is 0 Å². The number of carbonyl (C=O) groups is 2. The van der Waals surface area contributed by atoms with E-state index in [1.165, 1.54) is 0 Å². The maximum atomic E-state index is 13.0. The number of benzene rings is 3. The monoisotopic (exact) mass is 465 g/mol. The van der Waals surface area contributed by atoms with E-state index in [2.05, 4.69) is 0 Å². The van der Waals surface area contributed by atoms with E-state index in [-0.39, 0.29) is 11.1 Å². The number of rotatable bonds is 7. The zero-order valence-corrected chi connectivity index (χ0v) is 18.9. The Morgan fingerprint density at radius 3 is 2.53 bits per heavy atom. The highest BCUT2D eigenvalue weighted by molar-refractivity contribution is 8.19. The minimum atomic E-state index is -0.375. The van der Waals surface area contributed by atoms with Gasteiger partial charge >= 0.3 is 0 Å². The summed E-state index contributed by atoms with van der Waals surface area (Å²) < 4.78 is 11.4. The van der Waals surface area contributed by atoms with Gasteiger partial charge in [0.2, 0.25) is 0 Å². The van der Waals surface area contributed by atoms with E-state index in [1.54, 1.807) is 30.3 Å². The van der Waals surface area contributed by atoms with Crippen LogP contribution in [0.3, 0.4) is 0 Å². The normalized spacial score (nSPS) is 14.8. The van der Waals surface area contributed by atoms with E-state index in [0.717, 1.165) is 27.8 Å². The molecule has 4 rings (SSSR count). The van der Waals surface area contributed by atoms with E-state index in [9.17, 15) is 9.59 Å². The summed E-state index contributed by atoms with van der Waals surface area (Å²) in [4.78, 5) is 27.1. The van der Waals surface area contributed by atoms with Crippen LogP contribution in [-0.4, -0.2) is 17.8 Å². The summed E-state index contributed by atoms with van der Waals surface area (Å²) in [5.74, 6) is 0.783. The molecule has 0 aliphatic carbocycles. The topological polar surface area (TPSA) is 55.8 Å². The fraction of sp³-hybridized carbons (Fsp3) is 0.120. The van der Waals surface area contributed by atoms with Crippen molar-refractivity contribution < 1.29 is 19.1 Å². The molecular weight excluding hydrogens is 446 g/mol. The first-order valence-electron chi connectivity index (χ1n) is 10.0. The van der Waals surface area contributed by atoms with Gasteiger partial charge in [0, 0.05) is 5.02 Å². The molecule has 1 aliphatic rings. The Bertz CT molecular complexity index is 1180. The van der Waals surface area contributed by atoms with E-state index in [4.69, 9.17) is 21.1 Å². The highest BCUT2D eigenvalue weighted by atomic mass is 35.5. The first kappa shape index (κ1) is 22.0. The van der Waals surface area contributed by atoms with E-state index < -0.39 is 0 Å².